The highest BCUT2D eigenvalue weighted by Gasteiger charge is 2.19. The summed E-state index contributed by atoms with van der Waals surface area (Å²) in [5, 5.41) is 1.43. The Kier molecular flexibility index (Phi) is 4.07. The molecule has 0 spiro atoms. The summed E-state index contributed by atoms with van der Waals surface area (Å²) in [6.07, 6.45) is 3.07. The summed E-state index contributed by atoms with van der Waals surface area (Å²) in [7, 11) is 0. The monoisotopic (exact) mass is 264 g/mol. The van der Waals surface area contributed by atoms with Crippen molar-refractivity contribution in [3.8, 4) is 0 Å². The van der Waals surface area contributed by atoms with Crippen LogP contribution in [0.5, 0.6) is 0 Å². The summed E-state index contributed by atoms with van der Waals surface area (Å²) in [4.78, 5) is 12.2. The highest BCUT2D eigenvalue weighted by molar-refractivity contribution is 6.34. The molecule has 18 heavy (non-hydrogen) atoms. The Balaban J connectivity index is 2.25. The molecule has 3 heteroatoms. The van der Waals surface area contributed by atoms with Crippen LogP contribution in [0.3, 0.4) is 0 Å². The van der Waals surface area contributed by atoms with Crippen molar-refractivity contribution in [2.75, 3.05) is 0 Å². The van der Waals surface area contributed by atoms with Gasteiger partial charge in [0.25, 0.3) is 0 Å². The maximum absolute atomic E-state index is 12.2. The number of carbonyl (C=O) groups excluding carboxylic acids is 1. The highest BCUT2D eigenvalue weighted by Crippen LogP contribution is 2.28. The SMILES string of the molecule is CCCCC(C)C(=O)c1cc2cccc(Cl)c2o1. The molecule has 0 aliphatic carbocycles. The summed E-state index contributed by atoms with van der Waals surface area (Å²) in [5.74, 6) is 0.488. The van der Waals surface area contributed by atoms with Gasteiger partial charge in [0, 0.05) is 11.3 Å². The third-order valence-corrected chi connectivity index (χ3v) is 3.47. The molecule has 2 nitrogen and oxygen atoms in total. The van der Waals surface area contributed by atoms with Gasteiger partial charge < -0.3 is 4.42 Å². The van der Waals surface area contributed by atoms with Gasteiger partial charge in [-0.3, -0.25) is 4.79 Å². The van der Waals surface area contributed by atoms with Gasteiger partial charge in [-0.1, -0.05) is 50.4 Å². The van der Waals surface area contributed by atoms with Gasteiger partial charge in [0.05, 0.1) is 5.02 Å². The minimum absolute atomic E-state index is 0.00397. The van der Waals surface area contributed by atoms with Crippen molar-refractivity contribution in [2.24, 2.45) is 5.92 Å². The van der Waals surface area contributed by atoms with Crippen molar-refractivity contribution in [1.29, 1.82) is 0 Å². The summed E-state index contributed by atoms with van der Waals surface area (Å²) < 4.78 is 5.58. The van der Waals surface area contributed by atoms with Crippen LogP contribution in [0.15, 0.2) is 28.7 Å². The lowest BCUT2D eigenvalue weighted by Crippen LogP contribution is -2.10. The van der Waals surface area contributed by atoms with Crippen LogP contribution in [0.25, 0.3) is 11.0 Å². The molecule has 1 unspecified atom stereocenters. The van der Waals surface area contributed by atoms with Crippen LogP contribution in [0.4, 0.5) is 0 Å². The van der Waals surface area contributed by atoms with Gasteiger partial charge in [-0.25, -0.2) is 0 Å². The Morgan fingerprint density at radius 3 is 2.89 bits per heavy atom. The van der Waals surface area contributed by atoms with Crippen molar-refractivity contribution in [3.63, 3.8) is 0 Å². The zero-order chi connectivity index (χ0) is 13.1. The molecule has 0 N–H and O–H groups in total. The van der Waals surface area contributed by atoms with Crippen LogP contribution in [0.2, 0.25) is 5.02 Å². The summed E-state index contributed by atoms with van der Waals surface area (Å²) in [6, 6.07) is 7.31. The van der Waals surface area contributed by atoms with E-state index in [9.17, 15) is 4.79 Å². The third-order valence-electron chi connectivity index (χ3n) is 3.18. The Hall–Kier alpha value is -1.28. The number of halogens is 1. The van der Waals surface area contributed by atoms with Crippen molar-refractivity contribution < 1.29 is 9.21 Å². The predicted molar refractivity (Wildman–Crippen MR) is 74.2 cm³/mol. The standard InChI is InChI=1S/C15H17ClO2/c1-3-4-6-10(2)14(17)13-9-11-7-5-8-12(16)15(11)18-13/h5,7-10H,3-4,6H2,1-2H3. The van der Waals surface area contributed by atoms with E-state index in [2.05, 4.69) is 6.92 Å². The maximum atomic E-state index is 12.2. The number of benzene rings is 1. The number of Topliss-reactive ketones (excluding diaryl/α,β-unsaturated/α-hetero) is 1. The molecule has 0 fully saturated rings. The van der Waals surface area contributed by atoms with Gasteiger partial charge in [-0.05, 0) is 18.6 Å². The molecule has 1 aromatic carbocycles. The smallest absolute Gasteiger partial charge is 0.200 e. The van der Waals surface area contributed by atoms with E-state index in [1.165, 1.54) is 0 Å². The van der Waals surface area contributed by atoms with E-state index >= 15 is 0 Å². The van der Waals surface area contributed by atoms with E-state index in [0.717, 1.165) is 24.6 Å². The zero-order valence-corrected chi connectivity index (χ0v) is 11.5. The number of ketones is 1. The average Bonchev–Trinajstić information content (AvgIpc) is 2.80. The lowest BCUT2D eigenvalue weighted by molar-refractivity contribution is 0.0896. The fourth-order valence-electron chi connectivity index (χ4n) is 2.03. The summed E-state index contributed by atoms with van der Waals surface area (Å²) in [5.41, 5.74) is 0.602. The number of fused-ring (bicyclic) bond motifs is 1. The highest BCUT2D eigenvalue weighted by atomic mass is 35.5. The molecule has 0 aliphatic heterocycles. The molecule has 0 aliphatic rings. The topological polar surface area (TPSA) is 30.2 Å². The number of hydrogen-bond donors (Lipinski definition) is 0. The lowest BCUT2D eigenvalue weighted by atomic mass is 9.98. The molecule has 2 rings (SSSR count). The van der Waals surface area contributed by atoms with Crippen molar-refractivity contribution in [3.05, 3.63) is 35.0 Å². The first-order valence-corrected chi connectivity index (χ1v) is 6.73. The number of furan rings is 1. The molecule has 0 saturated carbocycles. The second-order valence-electron chi connectivity index (χ2n) is 4.68. The molecular formula is C15H17ClO2. The molecule has 1 heterocycles. The molecule has 0 bridgehead atoms. The van der Waals surface area contributed by atoms with Gasteiger partial charge in [0.15, 0.2) is 11.3 Å². The van der Waals surface area contributed by atoms with E-state index in [4.69, 9.17) is 16.0 Å². The van der Waals surface area contributed by atoms with Gasteiger partial charge in [0.1, 0.15) is 0 Å². The van der Waals surface area contributed by atoms with Crippen LogP contribution >= 0.6 is 11.6 Å². The molecule has 1 aromatic heterocycles. The van der Waals surface area contributed by atoms with Crippen LogP contribution in [0, 0.1) is 5.92 Å². The van der Waals surface area contributed by atoms with Crippen LogP contribution in [-0.4, -0.2) is 5.78 Å². The Bertz CT molecular complexity index is 557. The molecule has 0 radical (unpaired) electrons. The maximum Gasteiger partial charge on any atom is 0.200 e. The van der Waals surface area contributed by atoms with Gasteiger partial charge in [-0.2, -0.15) is 0 Å². The third kappa shape index (κ3) is 2.59. The van der Waals surface area contributed by atoms with Gasteiger partial charge in [-0.15, -0.1) is 0 Å². The van der Waals surface area contributed by atoms with Gasteiger partial charge >= 0.3 is 0 Å². The Morgan fingerprint density at radius 2 is 2.22 bits per heavy atom. The zero-order valence-electron chi connectivity index (χ0n) is 10.7. The van der Waals surface area contributed by atoms with Crippen molar-refractivity contribution in [2.45, 2.75) is 33.1 Å². The average molecular weight is 265 g/mol. The minimum Gasteiger partial charge on any atom is -0.451 e. The first-order valence-electron chi connectivity index (χ1n) is 6.35. The Morgan fingerprint density at radius 1 is 1.44 bits per heavy atom. The largest absolute Gasteiger partial charge is 0.451 e. The van der Waals surface area contributed by atoms with Crippen LogP contribution in [-0.2, 0) is 0 Å². The lowest BCUT2D eigenvalue weighted by Gasteiger charge is -2.06. The first kappa shape index (κ1) is 13.2. The molecule has 2 aromatic rings. The van der Waals surface area contributed by atoms with Crippen molar-refractivity contribution >= 4 is 28.4 Å². The summed E-state index contributed by atoms with van der Waals surface area (Å²) >= 11 is 6.03. The second kappa shape index (κ2) is 5.57. The number of carbonyl (C=O) groups is 1. The Labute approximate surface area is 112 Å². The number of unbranched alkanes of at least 4 members (excludes halogenated alkanes) is 1. The summed E-state index contributed by atoms with van der Waals surface area (Å²) in [6.45, 7) is 4.07. The normalized spacial score (nSPS) is 12.8. The second-order valence-corrected chi connectivity index (χ2v) is 5.08. The molecule has 1 atom stereocenters. The molecular weight excluding hydrogens is 248 g/mol. The molecule has 0 amide bonds. The number of para-hydroxylation sites is 1. The quantitative estimate of drug-likeness (QED) is 0.704. The predicted octanol–water partition coefficient (Wildman–Crippen LogP) is 5.10. The first-order chi connectivity index (χ1) is 8.63. The molecule has 96 valence electrons. The number of hydrogen-bond acceptors (Lipinski definition) is 2. The van der Waals surface area contributed by atoms with E-state index < -0.39 is 0 Å². The van der Waals surface area contributed by atoms with E-state index in [1.807, 2.05) is 19.1 Å². The van der Waals surface area contributed by atoms with Gasteiger partial charge in [0.2, 0.25) is 5.78 Å². The minimum atomic E-state index is 0.00397. The fourth-order valence-corrected chi connectivity index (χ4v) is 2.25. The van der Waals surface area contributed by atoms with E-state index in [0.29, 0.717) is 16.4 Å². The fraction of sp³-hybridized carbons (Fsp3) is 0.400. The molecule has 0 saturated heterocycles. The van der Waals surface area contributed by atoms with E-state index in [-0.39, 0.29) is 11.7 Å². The van der Waals surface area contributed by atoms with Crippen LogP contribution < -0.4 is 0 Å². The van der Waals surface area contributed by atoms with E-state index in [1.54, 1.807) is 12.1 Å². The van der Waals surface area contributed by atoms with Crippen molar-refractivity contribution in [1.82, 2.24) is 0 Å². The van der Waals surface area contributed by atoms with Crippen LogP contribution in [0.1, 0.15) is 43.7 Å². The number of rotatable bonds is 5.